The van der Waals surface area contributed by atoms with Crippen LogP contribution in [-0.4, -0.2) is 23.2 Å². The second-order valence-electron chi connectivity index (χ2n) is 5.40. The molecule has 1 saturated carbocycles. The first kappa shape index (κ1) is 12.7. The minimum absolute atomic E-state index is 0.120. The van der Waals surface area contributed by atoms with Crippen molar-refractivity contribution in [2.75, 3.05) is 18.5 Å². The van der Waals surface area contributed by atoms with Crippen LogP contribution in [0, 0.1) is 5.92 Å². The molecule has 2 aliphatic rings. The number of hydrogen-bond donors (Lipinski definition) is 2. The summed E-state index contributed by atoms with van der Waals surface area (Å²) in [6.45, 7) is 1.23. The fourth-order valence-corrected chi connectivity index (χ4v) is 3.90. The van der Waals surface area contributed by atoms with Gasteiger partial charge >= 0.3 is 0 Å². The summed E-state index contributed by atoms with van der Waals surface area (Å²) in [5.41, 5.74) is 1.30. The molecule has 1 aromatic rings. The van der Waals surface area contributed by atoms with Crippen molar-refractivity contribution >= 4 is 33.3 Å². The lowest BCUT2D eigenvalue weighted by molar-refractivity contribution is 0.158. The molecule has 0 bridgehead atoms. The van der Waals surface area contributed by atoms with E-state index in [1.54, 1.807) is 6.20 Å². The Kier molecular flexibility index (Phi) is 3.28. The standard InChI is InChI=1S/C13H16BrClN2O/c14-9-5-16-12-10(11(9)15)13(7-17-12)3-1-8(6-18)2-4-13/h5,8,18H,1-4,6-7H2,(H,16,17)/t8-,13+. The molecule has 1 aliphatic heterocycles. The normalized spacial score (nSPS) is 30.3. The number of hydrogen-bond acceptors (Lipinski definition) is 3. The third-order valence-electron chi connectivity index (χ3n) is 4.42. The van der Waals surface area contributed by atoms with Gasteiger partial charge in [-0.1, -0.05) is 11.6 Å². The summed E-state index contributed by atoms with van der Waals surface area (Å²) in [5, 5.41) is 13.4. The van der Waals surface area contributed by atoms with Crippen molar-refractivity contribution in [1.82, 2.24) is 4.98 Å². The van der Waals surface area contributed by atoms with Crippen LogP contribution in [0.4, 0.5) is 5.82 Å². The zero-order chi connectivity index (χ0) is 12.8. The molecule has 3 rings (SSSR count). The fourth-order valence-electron chi connectivity index (χ4n) is 3.26. The van der Waals surface area contributed by atoms with Gasteiger partial charge in [-0.15, -0.1) is 0 Å². The summed E-state index contributed by atoms with van der Waals surface area (Å²) in [4.78, 5) is 4.42. The highest BCUT2D eigenvalue weighted by atomic mass is 79.9. The van der Waals surface area contributed by atoms with Crippen molar-refractivity contribution < 1.29 is 5.11 Å². The van der Waals surface area contributed by atoms with Crippen LogP contribution in [0.3, 0.4) is 0 Å². The van der Waals surface area contributed by atoms with Crippen LogP contribution in [0.1, 0.15) is 31.2 Å². The molecule has 1 fully saturated rings. The molecule has 1 spiro atoms. The van der Waals surface area contributed by atoms with Gasteiger partial charge < -0.3 is 10.4 Å². The van der Waals surface area contributed by atoms with Crippen LogP contribution in [0.5, 0.6) is 0 Å². The molecular weight excluding hydrogens is 316 g/mol. The van der Waals surface area contributed by atoms with Gasteiger partial charge in [-0.3, -0.25) is 0 Å². The number of aliphatic hydroxyl groups excluding tert-OH is 1. The molecule has 18 heavy (non-hydrogen) atoms. The third-order valence-corrected chi connectivity index (χ3v) is 5.64. The lowest BCUT2D eigenvalue weighted by Crippen LogP contribution is -2.34. The Balaban J connectivity index is 1.97. The number of aliphatic hydroxyl groups is 1. The van der Waals surface area contributed by atoms with Gasteiger partial charge in [-0.2, -0.15) is 0 Å². The van der Waals surface area contributed by atoms with Gasteiger partial charge in [0.25, 0.3) is 0 Å². The van der Waals surface area contributed by atoms with Crippen molar-refractivity contribution in [2.24, 2.45) is 5.92 Å². The number of rotatable bonds is 1. The first-order valence-electron chi connectivity index (χ1n) is 6.35. The third kappa shape index (κ3) is 1.86. The van der Waals surface area contributed by atoms with Gasteiger partial charge in [-0.05, 0) is 47.5 Å². The smallest absolute Gasteiger partial charge is 0.131 e. The van der Waals surface area contributed by atoms with E-state index in [1.807, 2.05) is 0 Å². The molecule has 1 aliphatic carbocycles. The maximum absolute atomic E-state index is 9.25. The lowest BCUT2D eigenvalue weighted by atomic mass is 9.68. The van der Waals surface area contributed by atoms with Crippen LogP contribution >= 0.6 is 27.5 Å². The summed E-state index contributed by atoms with van der Waals surface area (Å²) in [7, 11) is 0. The minimum Gasteiger partial charge on any atom is -0.396 e. The number of halogens is 2. The van der Waals surface area contributed by atoms with E-state index in [-0.39, 0.29) is 5.41 Å². The summed E-state index contributed by atoms with van der Waals surface area (Å²) >= 11 is 9.92. The van der Waals surface area contributed by atoms with Crippen LogP contribution < -0.4 is 5.32 Å². The van der Waals surface area contributed by atoms with E-state index in [0.717, 1.165) is 47.5 Å². The quantitative estimate of drug-likeness (QED) is 0.829. The zero-order valence-electron chi connectivity index (χ0n) is 10.0. The highest BCUT2D eigenvalue weighted by molar-refractivity contribution is 9.10. The van der Waals surface area contributed by atoms with E-state index in [2.05, 4.69) is 26.2 Å². The van der Waals surface area contributed by atoms with Crippen LogP contribution in [0.15, 0.2) is 10.7 Å². The maximum Gasteiger partial charge on any atom is 0.131 e. The highest BCUT2D eigenvalue weighted by Gasteiger charge is 2.44. The molecular formula is C13H16BrClN2O. The predicted octanol–water partition coefficient (Wildman–Crippen LogP) is 3.34. The van der Waals surface area contributed by atoms with Crippen molar-refractivity contribution in [3.8, 4) is 0 Å². The molecule has 5 heteroatoms. The second kappa shape index (κ2) is 4.66. The Morgan fingerprint density at radius 3 is 2.89 bits per heavy atom. The molecule has 0 saturated heterocycles. The van der Waals surface area contributed by atoms with E-state index in [4.69, 9.17) is 11.6 Å². The minimum atomic E-state index is 0.120. The average molecular weight is 332 g/mol. The van der Waals surface area contributed by atoms with Gasteiger partial charge in [-0.25, -0.2) is 4.98 Å². The largest absolute Gasteiger partial charge is 0.396 e. The first-order chi connectivity index (χ1) is 8.66. The number of nitrogens with zero attached hydrogens (tertiary/aromatic N) is 1. The van der Waals surface area contributed by atoms with E-state index in [0.29, 0.717) is 12.5 Å². The molecule has 0 unspecified atom stereocenters. The molecule has 0 atom stereocenters. The molecule has 98 valence electrons. The van der Waals surface area contributed by atoms with Gasteiger partial charge in [0, 0.05) is 30.3 Å². The SMILES string of the molecule is OC[C@H]1CC[C@@]2(CC1)CNc1ncc(Br)c(Cl)c12. The number of nitrogens with one attached hydrogen (secondary N) is 1. The predicted molar refractivity (Wildman–Crippen MR) is 76.2 cm³/mol. The first-order valence-corrected chi connectivity index (χ1v) is 7.52. The summed E-state index contributed by atoms with van der Waals surface area (Å²) < 4.78 is 0.871. The Bertz CT molecular complexity index is 472. The summed E-state index contributed by atoms with van der Waals surface area (Å²) in [6, 6.07) is 0. The molecule has 0 radical (unpaired) electrons. The topological polar surface area (TPSA) is 45.1 Å². The van der Waals surface area contributed by atoms with Crippen molar-refractivity contribution in [2.45, 2.75) is 31.1 Å². The van der Waals surface area contributed by atoms with Gasteiger partial charge in [0.2, 0.25) is 0 Å². The van der Waals surface area contributed by atoms with Gasteiger partial charge in [0.05, 0.1) is 9.50 Å². The number of fused-ring (bicyclic) bond motifs is 2. The van der Waals surface area contributed by atoms with Crippen LogP contribution in [-0.2, 0) is 5.41 Å². The monoisotopic (exact) mass is 330 g/mol. The molecule has 0 amide bonds. The van der Waals surface area contributed by atoms with E-state index in [9.17, 15) is 5.11 Å². The summed E-state index contributed by atoms with van der Waals surface area (Å²) in [5.74, 6) is 1.39. The average Bonchev–Trinajstić information content (AvgIpc) is 2.75. The number of pyridine rings is 1. The molecule has 2 heterocycles. The van der Waals surface area contributed by atoms with E-state index >= 15 is 0 Å². The molecule has 2 N–H and O–H groups in total. The van der Waals surface area contributed by atoms with Crippen LogP contribution in [0.25, 0.3) is 0 Å². The Hall–Kier alpha value is -0.320. The van der Waals surface area contributed by atoms with E-state index in [1.165, 1.54) is 5.56 Å². The second-order valence-corrected chi connectivity index (χ2v) is 6.64. The van der Waals surface area contributed by atoms with Crippen molar-refractivity contribution in [3.63, 3.8) is 0 Å². The van der Waals surface area contributed by atoms with Gasteiger partial charge in [0.1, 0.15) is 5.82 Å². The molecule has 1 aromatic heterocycles. The Labute approximate surface area is 120 Å². The maximum atomic E-state index is 9.25. The molecule has 0 aromatic carbocycles. The number of anilines is 1. The highest BCUT2D eigenvalue weighted by Crippen LogP contribution is 2.50. The van der Waals surface area contributed by atoms with Crippen molar-refractivity contribution in [1.29, 1.82) is 0 Å². The zero-order valence-corrected chi connectivity index (χ0v) is 12.4. The fraction of sp³-hybridized carbons (Fsp3) is 0.615. The van der Waals surface area contributed by atoms with Crippen molar-refractivity contribution in [3.05, 3.63) is 21.3 Å². The van der Waals surface area contributed by atoms with Crippen LogP contribution in [0.2, 0.25) is 5.02 Å². The lowest BCUT2D eigenvalue weighted by Gasteiger charge is -2.37. The molecule has 3 nitrogen and oxygen atoms in total. The summed E-state index contributed by atoms with van der Waals surface area (Å²) in [6.07, 6.45) is 6.06. The number of aromatic nitrogens is 1. The van der Waals surface area contributed by atoms with E-state index < -0.39 is 0 Å². The Morgan fingerprint density at radius 2 is 2.22 bits per heavy atom. The van der Waals surface area contributed by atoms with Gasteiger partial charge in [0.15, 0.2) is 0 Å². The Morgan fingerprint density at radius 1 is 1.50 bits per heavy atom.